The van der Waals surface area contributed by atoms with E-state index in [1.165, 1.54) is 5.56 Å². The van der Waals surface area contributed by atoms with E-state index < -0.39 is 0 Å². The van der Waals surface area contributed by atoms with Crippen molar-refractivity contribution in [1.82, 2.24) is 5.32 Å². The highest BCUT2D eigenvalue weighted by Gasteiger charge is 2.66. The summed E-state index contributed by atoms with van der Waals surface area (Å²) in [6.07, 6.45) is 0. The van der Waals surface area contributed by atoms with Gasteiger partial charge >= 0.3 is 0 Å². The van der Waals surface area contributed by atoms with Crippen molar-refractivity contribution < 1.29 is 4.74 Å². The maximum atomic E-state index is 6.11. The molecule has 1 N–H and O–H groups in total. The molecule has 0 aromatic heterocycles. The van der Waals surface area contributed by atoms with Gasteiger partial charge in [-0.15, -0.1) is 0 Å². The van der Waals surface area contributed by atoms with Crippen LogP contribution in [0.15, 0.2) is 24.3 Å². The van der Waals surface area contributed by atoms with E-state index in [0.717, 1.165) is 5.75 Å². The first-order chi connectivity index (χ1) is 8.68. The lowest BCUT2D eigenvalue weighted by Crippen LogP contribution is -2.41. The molecule has 104 valence electrons. The number of nitrogens with one attached hydrogen (secondary N) is 1. The molecule has 3 rings (SSSR count). The SMILES string of the molecule is CC1(C)Oc2ccccc2C1NC1C(C)(C)C1(C)C. The standard InChI is InChI=1S/C17H25NO/c1-15(2)14(16(15,3)4)18-13-11-9-7-8-10-12(11)19-17(13,5)6/h7-10,13-14,18H,1-6H3. The molecule has 2 heteroatoms. The van der Waals surface area contributed by atoms with Crippen LogP contribution in [0.1, 0.15) is 53.1 Å². The van der Waals surface area contributed by atoms with Gasteiger partial charge in [-0.05, 0) is 30.7 Å². The number of ether oxygens (including phenoxy) is 1. The number of fused-ring (bicyclic) bond motifs is 1. The van der Waals surface area contributed by atoms with E-state index in [2.05, 4.69) is 65.1 Å². The summed E-state index contributed by atoms with van der Waals surface area (Å²) in [6.45, 7) is 13.7. The van der Waals surface area contributed by atoms with Gasteiger partial charge in [0.1, 0.15) is 11.4 Å². The van der Waals surface area contributed by atoms with Crippen molar-refractivity contribution in [2.24, 2.45) is 10.8 Å². The van der Waals surface area contributed by atoms with Crippen LogP contribution in [0.25, 0.3) is 0 Å². The van der Waals surface area contributed by atoms with Crippen molar-refractivity contribution in [2.45, 2.75) is 59.2 Å². The fourth-order valence-corrected chi connectivity index (χ4v) is 3.60. The van der Waals surface area contributed by atoms with E-state index in [1.54, 1.807) is 0 Å². The third-order valence-corrected chi connectivity index (χ3v) is 5.65. The van der Waals surface area contributed by atoms with Gasteiger partial charge in [-0.3, -0.25) is 0 Å². The molecule has 1 aliphatic carbocycles. The fourth-order valence-electron chi connectivity index (χ4n) is 3.60. The lowest BCUT2D eigenvalue weighted by Gasteiger charge is -2.28. The van der Waals surface area contributed by atoms with Crippen LogP contribution in [0.4, 0.5) is 0 Å². The van der Waals surface area contributed by atoms with Crippen molar-refractivity contribution in [3.05, 3.63) is 29.8 Å². The summed E-state index contributed by atoms with van der Waals surface area (Å²) >= 11 is 0. The molecule has 0 bridgehead atoms. The van der Waals surface area contributed by atoms with Crippen LogP contribution in [-0.4, -0.2) is 11.6 Å². The predicted molar refractivity (Wildman–Crippen MR) is 78.4 cm³/mol. The number of para-hydroxylation sites is 1. The molecule has 19 heavy (non-hydrogen) atoms. The highest BCUT2D eigenvalue weighted by atomic mass is 16.5. The normalized spacial score (nSPS) is 29.7. The third kappa shape index (κ3) is 1.66. The Kier molecular flexibility index (Phi) is 2.42. The van der Waals surface area contributed by atoms with Crippen LogP contribution in [-0.2, 0) is 0 Å². The van der Waals surface area contributed by atoms with Crippen molar-refractivity contribution in [1.29, 1.82) is 0 Å². The summed E-state index contributed by atoms with van der Waals surface area (Å²) in [4.78, 5) is 0. The summed E-state index contributed by atoms with van der Waals surface area (Å²) in [5, 5.41) is 3.85. The number of hydrogen-bond acceptors (Lipinski definition) is 2. The molecule has 1 heterocycles. The lowest BCUT2D eigenvalue weighted by molar-refractivity contribution is 0.0934. The van der Waals surface area contributed by atoms with Gasteiger partial charge in [0.05, 0.1) is 6.04 Å². The number of rotatable bonds is 2. The Morgan fingerprint density at radius 2 is 1.53 bits per heavy atom. The minimum Gasteiger partial charge on any atom is -0.486 e. The van der Waals surface area contributed by atoms with Crippen LogP contribution < -0.4 is 10.1 Å². The molecule has 1 atom stereocenters. The largest absolute Gasteiger partial charge is 0.486 e. The van der Waals surface area contributed by atoms with Crippen LogP contribution in [0, 0.1) is 10.8 Å². The van der Waals surface area contributed by atoms with E-state index >= 15 is 0 Å². The van der Waals surface area contributed by atoms with Crippen LogP contribution in [0.3, 0.4) is 0 Å². The van der Waals surface area contributed by atoms with Gasteiger partial charge < -0.3 is 10.1 Å². The smallest absolute Gasteiger partial charge is 0.125 e. The van der Waals surface area contributed by atoms with Gasteiger partial charge in [0.25, 0.3) is 0 Å². The molecule has 1 aromatic carbocycles. The quantitative estimate of drug-likeness (QED) is 0.869. The second-order valence-electron chi connectivity index (χ2n) is 7.72. The Morgan fingerprint density at radius 1 is 0.947 bits per heavy atom. The zero-order valence-corrected chi connectivity index (χ0v) is 12.9. The Morgan fingerprint density at radius 3 is 2.11 bits per heavy atom. The summed E-state index contributed by atoms with van der Waals surface area (Å²) in [7, 11) is 0. The van der Waals surface area contributed by atoms with E-state index in [4.69, 9.17) is 4.74 Å². The van der Waals surface area contributed by atoms with Crippen molar-refractivity contribution >= 4 is 0 Å². The Bertz CT molecular complexity index is 502. The molecule has 1 unspecified atom stereocenters. The molecule has 0 spiro atoms. The van der Waals surface area contributed by atoms with Crippen LogP contribution in [0.2, 0.25) is 0 Å². The molecule has 0 amide bonds. The van der Waals surface area contributed by atoms with E-state index in [0.29, 0.717) is 16.9 Å². The molecule has 2 nitrogen and oxygen atoms in total. The zero-order chi connectivity index (χ0) is 14.1. The maximum Gasteiger partial charge on any atom is 0.125 e. The minimum absolute atomic E-state index is 0.182. The maximum absolute atomic E-state index is 6.11. The molecule has 1 saturated carbocycles. The molecule has 2 aliphatic rings. The fraction of sp³-hybridized carbons (Fsp3) is 0.647. The Labute approximate surface area is 116 Å². The monoisotopic (exact) mass is 259 g/mol. The first-order valence-corrected chi connectivity index (χ1v) is 7.22. The molecular weight excluding hydrogens is 234 g/mol. The highest BCUT2D eigenvalue weighted by molar-refractivity contribution is 5.42. The Hall–Kier alpha value is -1.02. The van der Waals surface area contributed by atoms with Crippen molar-refractivity contribution in [2.75, 3.05) is 0 Å². The molecular formula is C17H25NO. The second kappa shape index (κ2) is 3.54. The van der Waals surface area contributed by atoms with Crippen molar-refractivity contribution in [3.8, 4) is 5.75 Å². The topological polar surface area (TPSA) is 21.3 Å². The Balaban J connectivity index is 1.89. The molecule has 1 fully saturated rings. The van der Waals surface area contributed by atoms with Gasteiger partial charge in [-0.2, -0.15) is 0 Å². The third-order valence-electron chi connectivity index (χ3n) is 5.65. The molecule has 0 saturated heterocycles. The predicted octanol–water partition coefficient (Wildman–Crippen LogP) is 3.92. The molecule has 0 radical (unpaired) electrons. The van der Waals surface area contributed by atoms with Gasteiger partial charge in [-0.25, -0.2) is 0 Å². The first-order valence-electron chi connectivity index (χ1n) is 7.22. The van der Waals surface area contributed by atoms with Crippen LogP contribution in [0.5, 0.6) is 5.75 Å². The lowest BCUT2D eigenvalue weighted by atomic mass is 9.94. The zero-order valence-electron chi connectivity index (χ0n) is 12.9. The highest BCUT2D eigenvalue weighted by Crippen LogP contribution is 2.64. The summed E-state index contributed by atoms with van der Waals surface area (Å²) < 4.78 is 6.11. The van der Waals surface area contributed by atoms with Crippen LogP contribution >= 0.6 is 0 Å². The first kappa shape index (κ1) is 13.0. The van der Waals surface area contributed by atoms with Gasteiger partial charge in [0.2, 0.25) is 0 Å². The summed E-state index contributed by atoms with van der Waals surface area (Å²) in [5.74, 6) is 1.03. The van der Waals surface area contributed by atoms with E-state index in [-0.39, 0.29) is 11.6 Å². The number of benzene rings is 1. The van der Waals surface area contributed by atoms with Gasteiger partial charge in [0, 0.05) is 11.6 Å². The van der Waals surface area contributed by atoms with Gasteiger partial charge in [0.15, 0.2) is 0 Å². The average Bonchev–Trinajstić information content (AvgIpc) is 2.57. The summed E-state index contributed by atoms with van der Waals surface area (Å²) in [6, 6.07) is 9.21. The molecule has 1 aromatic rings. The number of hydrogen-bond donors (Lipinski definition) is 1. The molecule has 1 aliphatic heterocycles. The van der Waals surface area contributed by atoms with Gasteiger partial charge in [-0.1, -0.05) is 45.9 Å². The van der Waals surface area contributed by atoms with E-state index in [9.17, 15) is 0 Å². The summed E-state index contributed by atoms with van der Waals surface area (Å²) in [5.41, 5.74) is 1.81. The average molecular weight is 259 g/mol. The van der Waals surface area contributed by atoms with Crippen molar-refractivity contribution in [3.63, 3.8) is 0 Å². The van der Waals surface area contributed by atoms with E-state index in [1.807, 2.05) is 6.07 Å². The second-order valence-corrected chi connectivity index (χ2v) is 7.72. The minimum atomic E-state index is -0.182.